The van der Waals surface area contributed by atoms with Crippen molar-refractivity contribution in [1.82, 2.24) is 19.5 Å². The third kappa shape index (κ3) is 4.37. The van der Waals surface area contributed by atoms with Crippen LogP contribution in [0.1, 0.15) is 0 Å². The fraction of sp³-hybridized carbons (Fsp3) is 0.136. The highest BCUT2D eigenvalue weighted by Crippen LogP contribution is 2.29. The number of nitrogens with zero attached hydrogens (tertiary/aromatic N) is 4. The molecule has 0 unspecified atom stereocenters. The van der Waals surface area contributed by atoms with E-state index in [1.807, 2.05) is 0 Å². The number of ether oxygens (including phenoxy) is 2. The molecule has 0 spiro atoms. The average Bonchev–Trinajstić information content (AvgIpc) is 2.81. The van der Waals surface area contributed by atoms with Crippen molar-refractivity contribution in [3.05, 3.63) is 70.4 Å². The maximum absolute atomic E-state index is 12.8. The standard InChI is InChI=1S/C22H18ClN5O4/c1-31-15-7-8-17(18(9-15)32-2)26-19(29)11-28-12-25-21-16(22(28)30)10-24-20(27-21)13-3-5-14(23)6-4-13/h3-10,12H,11H2,1-2H3,(H,26,29). The van der Waals surface area contributed by atoms with E-state index in [0.717, 1.165) is 5.56 Å². The Morgan fingerprint density at radius 1 is 1.09 bits per heavy atom. The Balaban J connectivity index is 1.56. The molecule has 9 nitrogen and oxygen atoms in total. The quantitative estimate of drug-likeness (QED) is 0.479. The summed E-state index contributed by atoms with van der Waals surface area (Å²) in [6, 6.07) is 12.0. The molecule has 4 rings (SSSR count). The number of methoxy groups -OCH3 is 2. The molecule has 2 aromatic carbocycles. The van der Waals surface area contributed by atoms with Gasteiger partial charge in [-0.3, -0.25) is 14.2 Å². The Kier molecular flexibility index (Phi) is 6.00. The lowest BCUT2D eigenvalue weighted by molar-refractivity contribution is -0.116. The summed E-state index contributed by atoms with van der Waals surface area (Å²) in [6.07, 6.45) is 2.69. The summed E-state index contributed by atoms with van der Waals surface area (Å²) >= 11 is 5.91. The van der Waals surface area contributed by atoms with E-state index in [1.165, 1.54) is 31.3 Å². The van der Waals surface area contributed by atoms with Crippen molar-refractivity contribution in [3.8, 4) is 22.9 Å². The third-order valence-corrected chi connectivity index (χ3v) is 4.93. The van der Waals surface area contributed by atoms with Crippen LogP contribution < -0.4 is 20.3 Å². The summed E-state index contributed by atoms with van der Waals surface area (Å²) in [5, 5.41) is 3.53. The summed E-state index contributed by atoms with van der Waals surface area (Å²) in [7, 11) is 3.02. The number of benzene rings is 2. The number of carbonyl (C=O) groups is 1. The number of anilines is 1. The molecule has 0 saturated carbocycles. The van der Waals surface area contributed by atoms with Gasteiger partial charge in [0, 0.05) is 22.8 Å². The summed E-state index contributed by atoms with van der Waals surface area (Å²) in [6.45, 7) is -0.240. The van der Waals surface area contributed by atoms with E-state index in [1.54, 1.807) is 42.5 Å². The number of nitrogens with one attached hydrogen (secondary N) is 1. The van der Waals surface area contributed by atoms with E-state index in [9.17, 15) is 9.59 Å². The molecule has 0 bridgehead atoms. The van der Waals surface area contributed by atoms with E-state index < -0.39 is 11.5 Å². The first-order valence-corrected chi connectivity index (χ1v) is 9.86. The van der Waals surface area contributed by atoms with Crippen LogP contribution in [0.2, 0.25) is 5.02 Å². The number of halogens is 1. The maximum Gasteiger partial charge on any atom is 0.264 e. The molecule has 0 radical (unpaired) electrons. The Hall–Kier alpha value is -3.98. The molecule has 0 saturated heterocycles. The molecular formula is C22H18ClN5O4. The first-order valence-electron chi connectivity index (χ1n) is 9.48. The second-order valence-electron chi connectivity index (χ2n) is 6.73. The lowest BCUT2D eigenvalue weighted by Crippen LogP contribution is -2.28. The number of hydrogen-bond donors (Lipinski definition) is 1. The summed E-state index contributed by atoms with van der Waals surface area (Å²) < 4.78 is 11.6. The molecule has 4 aromatic rings. The smallest absolute Gasteiger partial charge is 0.264 e. The van der Waals surface area contributed by atoms with Crippen LogP contribution in [-0.4, -0.2) is 39.6 Å². The van der Waals surface area contributed by atoms with E-state index in [4.69, 9.17) is 21.1 Å². The van der Waals surface area contributed by atoms with Gasteiger partial charge in [0.05, 0.1) is 19.9 Å². The van der Waals surface area contributed by atoms with Gasteiger partial charge in [-0.1, -0.05) is 11.6 Å². The first-order chi connectivity index (χ1) is 15.5. The van der Waals surface area contributed by atoms with Gasteiger partial charge in [-0.05, 0) is 36.4 Å². The number of rotatable bonds is 6. The van der Waals surface area contributed by atoms with E-state index in [0.29, 0.717) is 28.0 Å². The van der Waals surface area contributed by atoms with E-state index in [2.05, 4.69) is 20.3 Å². The molecule has 0 aliphatic heterocycles. The van der Waals surface area contributed by atoms with Crippen molar-refractivity contribution in [2.45, 2.75) is 6.54 Å². The number of carbonyl (C=O) groups excluding carboxylic acids is 1. The van der Waals surface area contributed by atoms with Crippen molar-refractivity contribution >= 4 is 34.2 Å². The molecule has 2 aromatic heterocycles. The van der Waals surface area contributed by atoms with Crippen LogP contribution in [0.4, 0.5) is 5.69 Å². The van der Waals surface area contributed by atoms with Crippen molar-refractivity contribution in [1.29, 1.82) is 0 Å². The van der Waals surface area contributed by atoms with Gasteiger partial charge < -0.3 is 14.8 Å². The molecule has 32 heavy (non-hydrogen) atoms. The van der Waals surface area contributed by atoms with Gasteiger partial charge in [0.2, 0.25) is 5.91 Å². The van der Waals surface area contributed by atoms with Gasteiger partial charge in [-0.2, -0.15) is 0 Å². The van der Waals surface area contributed by atoms with Crippen molar-refractivity contribution in [2.75, 3.05) is 19.5 Å². The van der Waals surface area contributed by atoms with Crippen LogP contribution in [0.5, 0.6) is 11.5 Å². The summed E-state index contributed by atoms with van der Waals surface area (Å²) in [4.78, 5) is 38.2. The normalized spacial score (nSPS) is 10.7. The van der Waals surface area contributed by atoms with E-state index in [-0.39, 0.29) is 17.6 Å². The highest BCUT2D eigenvalue weighted by molar-refractivity contribution is 6.30. The third-order valence-electron chi connectivity index (χ3n) is 4.68. The Labute approximate surface area is 187 Å². The molecule has 10 heteroatoms. The van der Waals surface area contributed by atoms with Crippen molar-refractivity contribution in [3.63, 3.8) is 0 Å². The predicted molar refractivity (Wildman–Crippen MR) is 120 cm³/mol. The largest absolute Gasteiger partial charge is 0.497 e. The molecular weight excluding hydrogens is 434 g/mol. The summed E-state index contributed by atoms with van der Waals surface area (Å²) in [5.74, 6) is 1.02. The van der Waals surface area contributed by atoms with Crippen LogP contribution in [0.15, 0.2) is 59.8 Å². The average molecular weight is 452 g/mol. The van der Waals surface area contributed by atoms with Gasteiger partial charge >= 0.3 is 0 Å². The van der Waals surface area contributed by atoms with Gasteiger partial charge in [0.25, 0.3) is 5.56 Å². The van der Waals surface area contributed by atoms with Crippen LogP contribution in [0.3, 0.4) is 0 Å². The Morgan fingerprint density at radius 3 is 2.59 bits per heavy atom. The second kappa shape index (κ2) is 9.03. The van der Waals surface area contributed by atoms with Gasteiger partial charge in [0.1, 0.15) is 29.8 Å². The predicted octanol–water partition coefficient (Wildman–Crippen LogP) is 3.16. The zero-order valence-electron chi connectivity index (χ0n) is 17.2. The van der Waals surface area contributed by atoms with Crippen LogP contribution in [0.25, 0.3) is 22.4 Å². The van der Waals surface area contributed by atoms with Gasteiger partial charge in [0.15, 0.2) is 11.5 Å². The lowest BCUT2D eigenvalue weighted by Gasteiger charge is -2.12. The monoisotopic (exact) mass is 451 g/mol. The molecule has 0 atom stereocenters. The molecule has 1 N–H and O–H groups in total. The lowest BCUT2D eigenvalue weighted by atomic mass is 10.2. The molecule has 2 heterocycles. The molecule has 0 fully saturated rings. The Bertz CT molecular complexity index is 1360. The Morgan fingerprint density at radius 2 is 1.88 bits per heavy atom. The topological polar surface area (TPSA) is 108 Å². The minimum Gasteiger partial charge on any atom is -0.497 e. The number of hydrogen-bond acceptors (Lipinski definition) is 7. The fourth-order valence-corrected chi connectivity index (χ4v) is 3.18. The van der Waals surface area contributed by atoms with Gasteiger partial charge in [-0.25, -0.2) is 15.0 Å². The van der Waals surface area contributed by atoms with Crippen molar-refractivity contribution in [2.24, 2.45) is 0 Å². The van der Waals surface area contributed by atoms with E-state index >= 15 is 0 Å². The SMILES string of the molecule is COc1ccc(NC(=O)Cn2cnc3nc(-c4ccc(Cl)cc4)ncc3c2=O)c(OC)c1. The highest BCUT2D eigenvalue weighted by atomic mass is 35.5. The molecule has 162 valence electrons. The van der Waals surface area contributed by atoms with Crippen LogP contribution >= 0.6 is 11.6 Å². The van der Waals surface area contributed by atoms with Gasteiger partial charge in [-0.15, -0.1) is 0 Å². The highest BCUT2D eigenvalue weighted by Gasteiger charge is 2.13. The van der Waals surface area contributed by atoms with Crippen LogP contribution in [-0.2, 0) is 11.3 Å². The molecule has 1 amide bonds. The first kappa shape index (κ1) is 21.3. The zero-order chi connectivity index (χ0) is 22.7. The minimum absolute atomic E-state index is 0.208. The minimum atomic E-state index is -0.422. The maximum atomic E-state index is 12.8. The molecule has 0 aliphatic carbocycles. The molecule has 0 aliphatic rings. The summed E-state index contributed by atoms with van der Waals surface area (Å²) in [5.41, 5.74) is 1.02. The zero-order valence-corrected chi connectivity index (χ0v) is 18.0. The number of aromatic nitrogens is 4. The number of amides is 1. The fourth-order valence-electron chi connectivity index (χ4n) is 3.05. The van der Waals surface area contributed by atoms with Crippen LogP contribution in [0, 0.1) is 0 Å². The van der Waals surface area contributed by atoms with Crippen molar-refractivity contribution < 1.29 is 14.3 Å². The second-order valence-corrected chi connectivity index (χ2v) is 7.17. The number of fused-ring (bicyclic) bond motifs is 1.